The molecule has 1 atom stereocenters. The Bertz CT molecular complexity index is 1580. The van der Waals surface area contributed by atoms with Gasteiger partial charge in [-0.1, -0.05) is 12.1 Å². The summed E-state index contributed by atoms with van der Waals surface area (Å²) < 4.78 is 31.9. The van der Waals surface area contributed by atoms with E-state index in [-0.39, 0.29) is 11.8 Å². The van der Waals surface area contributed by atoms with Gasteiger partial charge < -0.3 is 4.18 Å². The Morgan fingerprint density at radius 1 is 1.15 bits per heavy atom. The Balaban J connectivity index is 1.52. The number of hydrogen-bond acceptors (Lipinski definition) is 9. The van der Waals surface area contributed by atoms with Crippen molar-refractivity contribution in [2.24, 2.45) is 4.99 Å². The summed E-state index contributed by atoms with van der Waals surface area (Å²) in [4.78, 5) is 19.5. The minimum Gasteiger partial charge on any atom is -0.379 e. The highest BCUT2D eigenvalue weighted by molar-refractivity contribution is 8.15. The zero-order chi connectivity index (χ0) is 23.3. The smallest absolute Gasteiger partial charge is 0.346 e. The average molecular weight is 500 g/mol. The molecule has 1 aliphatic heterocycles. The van der Waals surface area contributed by atoms with Crippen molar-refractivity contribution >= 4 is 64.9 Å². The lowest BCUT2D eigenvalue weighted by Gasteiger charge is -2.09. The molecule has 1 aliphatic rings. The third-order valence-corrected chi connectivity index (χ3v) is 8.87. The monoisotopic (exact) mass is 499 g/mol. The molecule has 0 amide bonds. The van der Waals surface area contributed by atoms with Gasteiger partial charge in [0.25, 0.3) is 5.69 Å². The van der Waals surface area contributed by atoms with E-state index < -0.39 is 25.6 Å². The first-order chi connectivity index (χ1) is 15.7. The van der Waals surface area contributed by atoms with Crippen molar-refractivity contribution in [2.75, 3.05) is 5.75 Å². The minimum atomic E-state index is -4.40. The van der Waals surface area contributed by atoms with Crippen LogP contribution in [0.15, 0.2) is 58.4 Å². The Kier molecular flexibility index (Phi) is 5.34. The van der Waals surface area contributed by atoms with Crippen LogP contribution >= 0.6 is 23.1 Å². The summed E-state index contributed by atoms with van der Waals surface area (Å²) in [5, 5.41) is 14.9. The van der Waals surface area contributed by atoms with Gasteiger partial charge in [-0.2, -0.15) is 8.42 Å². The number of thiazole rings is 1. The van der Waals surface area contributed by atoms with Gasteiger partial charge in [0.1, 0.15) is 15.8 Å². The summed E-state index contributed by atoms with van der Waals surface area (Å²) in [7, 11) is -4.40. The maximum absolute atomic E-state index is 12.8. The molecule has 4 aromatic rings. The topological polar surface area (TPSA) is 112 Å². The Morgan fingerprint density at radius 3 is 2.70 bits per heavy atom. The maximum Gasteiger partial charge on any atom is 0.346 e. The molecule has 1 aromatic heterocycles. The second-order valence-electron chi connectivity index (χ2n) is 7.68. The van der Waals surface area contributed by atoms with Crippen LogP contribution in [0.5, 0.6) is 5.75 Å². The van der Waals surface area contributed by atoms with E-state index in [1.54, 1.807) is 48.2 Å². The molecule has 0 saturated heterocycles. The summed E-state index contributed by atoms with van der Waals surface area (Å²) in [5.41, 5.74) is 0.911. The summed E-state index contributed by atoms with van der Waals surface area (Å²) in [5.74, 6) is 1.02. The van der Waals surface area contributed by atoms with Gasteiger partial charge in [-0.05, 0) is 55.1 Å². The highest BCUT2D eigenvalue weighted by Crippen LogP contribution is 2.36. The normalized spacial score (nSPS) is 16.3. The molecule has 0 aliphatic carbocycles. The van der Waals surface area contributed by atoms with E-state index in [0.29, 0.717) is 5.56 Å². The molecule has 11 heteroatoms. The van der Waals surface area contributed by atoms with Crippen molar-refractivity contribution < 1.29 is 17.5 Å². The van der Waals surface area contributed by atoms with Crippen molar-refractivity contribution in [1.29, 1.82) is 0 Å². The highest BCUT2D eigenvalue weighted by atomic mass is 32.2. The number of thioether (sulfide) groups is 1. The van der Waals surface area contributed by atoms with Gasteiger partial charge in [0.2, 0.25) is 0 Å². The molecular formula is C22H17N3O5S3. The summed E-state index contributed by atoms with van der Waals surface area (Å²) in [6.07, 6.45) is 0. The second kappa shape index (κ2) is 8.08. The zero-order valence-corrected chi connectivity index (χ0v) is 20.0. The number of aliphatic imine (C=N–C) groups is 1. The van der Waals surface area contributed by atoms with Gasteiger partial charge in [-0.3, -0.25) is 15.1 Å². The third kappa shape index (κ3) is 4.07. The van der Waals surface area contributed by atoms with Gasteiger partial charge in [-0.15, -0.1) is 23.1 Å². The number of hydrogen-bond donors (Lipinski definition) is 0. The van der Waals surface area contributed by atoms with E-state index in [1.165, 1.54) is 18.2 Å². The molecule has 0 bridgehead atoms. The van der Waals surface area contributed by atoms with Gasteiger partial charge in [0.15, 0.2) is 4.90 Å². The first kappa shape index (κ1) is 21.8. The van der Waals surface area contributed by atoms with Gasteiger partial charge in [0.05, 0.1) is 21.2 Å². The van der Waals surface area contributed by atoms with Crippen molar-refractivity contribution in [3.63, 3.8) is 0 Å². The number of nitro groups is 1. The van der Waals surface area contributed by atoms with E-state index in [0.717, 1.165) is 36.8 Å². The van der Waals surface area contributed by atoms with Crippen molar-refractivity contribution in [2.45, 2.75) is 24.8 Å². The fourth-order valence-electron chi connectivity index (χ4n) is 3.58. The largest absolute Gasteiger partial charge is 0.379 e. The van der Waals surface area contributed by atoms with Crippen LogP contribution in [-0.4, -0.2) is 35.2 Å². The number of aromatic nitrogens is 1. The van der Waals surface area contributed by atoms with E-state index in [9.17, 15) is 18.5 Å². The van der Waals surface area contributed by atoms with Gasteiger partial charge in [-0.25, -0.2) is 4.98 Å². The van der Waals surface area contributed by atoms with Crippen LogP contribution in [-0.2, 0) is 10.1 Å². The van der Waals surface area contributed by atoms with Crippen LogP contribution in [0.2, 0.25) is 0 Å². The lowest BCUT2D eigenvalue weighted by Crippen LogP contribution is -2.12. The molecule has 1 unspecified atom stereocenters. The van der Waals surface area contributed by atoms with E-state index in [1.807, 2.05) is 12.1 Å². The summed E-state index contributed by atoms with van der Waals surface area (Å²) >= 11 is 3.25. The Labute approximate surface area is 197 Å². The molecule has 168 valence electrons. The number of benzene rings is 3. The van der Waals surface area contributed by atoms with Crippen molar-refractivity contribution in [3.05, 3.63) is 69.2 Å². The average Bonchev–Trinajstić information content (AvgIpc) is 3.39. The molecule has 0 spiro atoms. The summed E-state index contributed by atoms with van der Waals surface area (Å²) in [6, 6.07) is 12.8. The number of fused-ring (bicyclic) bond motifs is 3. The maximum atomic E-state index is 12.8. The fourth-order valence-corrected chi connectivity index (χ4v) is 6.84. The molecule has 5 rings (SSSR count). The first-order valence-corrected chi connectivity index (χ1v) is 13.2. The third-order valence-electron chi connectivity index (χ3n) is 5.11. The molecule has 33 heavy (non-hydrogen) atoms. The van der Waals surface area contributed by atoms with Crippen LogP contribution in [0.1, 0.15) is 17.5 Å². The van der Waals surface area contributed by atoms with Gasteiger partial charge >= 0.3 is 10.1 Å². The zero-order valence-electron chi connectivity index (χ0n) is 17.5. The van der Waals surface area contributed by atoms with Crippen LogP contribution < -0.4 is 4.18 Å². The van der Waals surface area contributed by atoms with E-state index in [2.05, 4.69) is 11.9 Å². The molecule has 0 N–H and O–H groups in total. The number of nitrogens with zero attached hydrogens (tertiary/aromatic N) is 3. The first-order valence-electron chi connectivity index (χ1n) is 9.95. The molecule has 8 nitrogen and oxygen atoms in total. The minimum absolute atomic E-state index is 0.0750. The number of aryl methyl sites for hydroxylation is 1. The van der Waals surface area contributed by atoms with E-state index >= 15 is 0 Å². The Hall–Kier alpha value is -3.02. The Morgan fingerprint density at radius 2 is 1.97 bits per heavy atom. The predicted octanol–water partition coefficient (Wildman–Crippen LogP) is 5.32. The molecule has 3 aromatic carbocycles. The molecular weight excluding hydrogens is 482 g/mol. The molecule has 0 fully saturated rings. The highest BCUT2D eigenvalue weighted by Gasteiger charge is 2.28. The lowest BCUT2D eigenvalue weighted by atomic mass is 10.1. The molecule has 0 saturated carbocycles. The standard InChI is InChI=1S/C22H17N3O5S3/c1-12-3-8-19(18(9-12)25(26)27)33(28,29)30-15-5-6-16-14(10-15)4-7-17-20(16)32-22(24-17)21-23-13(2)11-31-21/h3-10,13H,11H2,1-2H3. The van der Waals surface area contributed by atoms with Crippen molar-refractivity contribution in [3.8, 4) is 5.75 Å². The predicted molar refractivity (Wildman–Crippen MR) is 131 cm³/mol. The van der Waals surface area contributed by atoms with E-state index in [4.69, 9.17) is 9.17 Å². The number of rotatable bonds is 5. The quantitative estimate of drug-likeness (QED) is 0.208. The fraction of sp³-hybridized carbons (Fsp3) is 0.182. The SMILES string of the molecule is Cc1ccc(S(=O)(=O)Oc2ccc3c(ccc4nc(C5=NC(C)CS5)sc43)c2)c([N+](=O)[O-])c1. The van der Waals surface area contributed by atoms with Crippen LogP contribution in [0, 0.1) is 17.0 Å². The van der Waals surface area contributed by atoms with Crippen LogP contribution in [0.25, 0.3) is 21.0 Å². The lowest BCUT2D eigenvalue weighted by molar-refractivity contribution is -0.387. The molecule has 2 heterocycles. The summed E-state index contributed by atoms with van der Waals surface area (Å²) in [6.45, 7) is 3.72. The number of nitro benzene ring substituents is 1. The van der Waals surface area contributed by atoms with Crippen LogP contribution in [0.3, 0.4) is 0 Å². The van der Waals surface area contributed by atoms with Gasteiger partial charge in [0, 0.05) is 17.2 Å². The van der Waals surface area contributed by atoms with Crippen LogP contribution in [0.4, 0.5) is 5.69 Å². The second-order valence-corrected chi connectivity index (χ2v) is 11.2. The van der Waals surface area contributed by atoms with Crippen molar-refractivity contribution in [1.82, 2.24) is 4.98 Å². The molecule has 0 radical (unpaired) electrons.